The van der Waals surface area contributed by atoms with Gasteiger partial charge in [-0.15, -0.1) is 0 Å². The van der Waals surface area contributed by atoms with Gasteiger partial charge in [-0.05, 0) is 32.6 Å². The number of aliphatic hydroxyl groups excluding tert-OH is 2. The van der Waals surface area contributed by atoms with Crippen LogP contribution >= 0.6 is 0 Å². The maximum absolute atomic E-state index is 12.2. The van der Waals surface area contributed by atoms with E-state index < -0.39 is 5.54 Å². The maximum Gasteiger partial charge on any atom is 0.222 e. The zero-order valence-corrected chi connectivity index (χ0v) is 18.5. The van der Waals surface area contributed by atoms with E-state index in [9.17, 15) is 19.8 Å². The minimum Gasteiger partial charge on any atom is -0.394 e. The predicted molar refractivity (Wildman–Crippen MR) is 114 cm³/mol. The van der Waals surface area contributed by atoms with Crippen LogP contribution in [0.5, 0.6) is 0 Å². The fourth-order valence-corrected chi connectivity index (χ4v) is 3.96. The Morgan fingerprint density at radius 3 is 2.17 bits per heavy atom. The van der Waals surface area contributed by atoms with E-state index in [4.69, 9.17) is 4.74 Å². The van der Waals surface area contributed by atoms with Crippen LogP contribution < -0.4 is 5.32 Å². The number of nitrogens with zero attached hydrogens (tertiary/aromatic N) is 1. The molecule has 2 atom stereocenters. The summed E-state index contributed by atoms with van der Waals surface area (Å²) in [4.78, 5) is 26.0. The number of carbonyl (C=O) groups excluding carboxylic acids is 2. The fourth-order valence-electron chi connectivity index (χ4n) is 3.96. The lowest BCUT2D eigenvalue weighted by atomic mass is 10.0. The van der Waals surface area contributed by atoms with E-state index in [2.05, 4.69) is 5.32 Å². The SMILES string of the molecule is COCC(C)(CO)NC(=O)CCCCCCCCCCC(=O)N1CCCC1CO. The van der Waals surface area contributed by atoms with E-state index in [1.807, 2.05) is 4.90 Å². The third-order valence-electron chi connectivity index (χ3n) is 5.71. The Balaban J connectivity index is 1.96. The van der Waals surface area contributed by atoms with Crippen molar-refractivity contribution in [3.05, 3.63) is 0 Å². The van der Waals surface area contributed by atoms with Gasteiger partial charge in [-0.25, -0.2) is 0 Å². The fraction of sp³-hybridized carbons (Fsp3) is 0.909. The van der Waals surface area contributed by atoms with E-state index in [0.29, 0.717) is 19.4 Å². The van der Waals surface area contributed by atoms with Crippen LogP contribution in [0.3, 0.4) is 0 Å². The van der Waals surface area contributed by atoms with Crippen LogP contribution in [-0.4, -0.2) is 72.0 Å². The zero-order chi connectivity index (χ0) is 21.5. The van der Waals surface area contributed by atoms with Gasteiger partial charge >= 0.3 is 0 Å². The molecule has 1 rings (SSSR count). The van der Waals surface area contributed by atoms with Crippen LogP contribution in [0.1, 0.15) is 84.0 Å². The van der Waals surface area contributed by atoms with Crippen molar-refractivity contribution >= 4 is 11.8 Å². The lowest BCUT2D eigenvalue weighted by Gasteiger charge is -2.27. The molecule has 2 amide bonds. The van der Waals surface area contributed by atoms with Gasteiger partial charge in [-0.1, -0.05) is 38.5 Å². The zero-order valence-electron chi connectivity index (χ0n) is 18.5. The van der Waals surface area contributed by atoms with Gasteiger partial charge in [0.05, 0.1) is 31.4 Å². The highest BCUT2D eigenvalue weighted by atomic mass is 16.5. The predicted octanol–water partition coefficient (Wildman–Crippen LogP) is 2.38. The minimum atomic E-state index is -0.707. The number of hydrogen-bond acceptors (Lipinski definition) is 5. The van der Waals surface area contributed by atoms with Crippen molar-refractivity contribution in [3.8, 4) is 0 Å². The molecule has 0 aliphatic carbocycles. The first-order chi connectivity index (χ1) is 14.0. The lowest BCUT2D eigenvalue weighted by Crippen LogP contribution is -2.52. The molecule has 29 heavy (non-hydrogen) atoms. The van der Waals surface area contributed by atoms with Crippen molar-refractivity contribution in [1.82, 2.24) is 10.2 Å². The largest absolute Gasteiger partial charge is 0.394 e. The first kappa shape index (κ1) is 25.9. The van der Waals surface area contributed by atoms with Crippen LogP contribution in [0, 0.1) is 0 Å². The Hall–Kier alpha value is -1.18. The summed E-state index contributed by atoms with van der Waals surface area (Å²) < 4.78 is 5.04. The molecule has 1 fully saturated rings. The molecule has 0 radical (unpaired) electrons. The highest BCUT2D eigenvalue weighted by Gasteiger charge is 2.27. The van der Waals surface area contributed by atoms with Crippen molar-refractivity contribution in [2.45, 2.75) is 95.6 Å². The molecular weight excluding hydrogens is 372 g/mol. The first-order valence-electron chi connectivity index (χ1n) is 11.3. The summed E-state index contributed by atoms with van der Waals surface area (Å²) in [7, 11) is 1.55. The van der Waals surface area contributed by atoms with Gasteiger partial charge in [-0.3, -0.25) is 9.59 Å². The van der Waals surface area contributed by atoms with Gasteiger partial charge in [0.2, 0.25) is 11.8 Å². The van der Waals surface area contributed by atoms with Gasteiger partial charge in [0.15, 0.2) is 0 Å². The normalized spacial score (nSPS) is 18.6. The Kier molecular flexibility index (Phi) is 13.1. The molecule has 1 aliphatic heterocycles. The summed E-state index contributed by atoms with van der Waals surface area (Å²) in [6.45, 7) is 2.81. The maximum atomic E-state index is 12.2. The van der Waals surface area contributed by atoms with E-state index >= 15 is 0 Å². The third-order valence-corrected chi connectivity index (χ3v) is 5.71. The molecule has 3 N–H and O–H groups in total. The van der Waals surface area contributed by atoms with Crippen molar-refractivity contribution in [2.75, 3.05) is 33.5 Å². The van der Waals surface area contributed by atoms with Gasteiger partial charge < -0.3 is 25.2 Å². The molecule has 0 spiro atoms. The van der Waals surface area contributed by atoms with Crippen LogP contribution in [0.15, 0.2) is 0 Å². The number of unbranched alkanes of at least 4 members (excludes halogenated alkanes) is 7. The number of likely N-dealkylation sites (tertiary alicyclic amines) is 1. The summed E-state index contributed by atoms with van der Waals surface area (Å²) >= 11 is 0. The highest BCUT2D eigenvalue weighted by molar-refractivity contribution is 5.77. The Morgan fingerprint density at radius 2 is 1.62 bits per heavy atom. The van der Waals surface area contributed by atoms with E-state index in [1.165, 1.54) is 6.42 Å². The second kappa shape index (κ2) is 14.7. The van der Waals surface area contributed by atoms with Crippen molar-refractivity contribution in [1.29, 1.82) is 0 Å². The Morgan fingerprint density at radius 1 is 1.03 bits per heavy atom. The number of methoxy groups -OCH3 is 1. The molecule has 7 heteroatoms. The number of carbonyl (C=O) groups is 2. The number of nitrogens with one attached hydrogen (secondary N) is 1. The molecule has 7 nitrogen and oxygen atoms in total. The summed E-state index contributed by atoms with van der Waals surface area (Å²) in [6, 6.07) is 0.0435. The average molecular weight is 415 g/mol. The molecule has 0 saturated carbocycles. The summed E-state index contributed by atoms with van der Waals surface area (Å²) in [5.74, 6) is 0.160. The summed E-state index contributed by atoms with van der Waals surface area (Å²) in [5.41, 5.74) is -0.707. The van der Waals surface area contributed by atoms with Crippen LogP contribution in [-0.2, 0) is 14.3 Å². The van der Waals surface area contributed by atoms with Crippen LogP contribution in [0.4, 0.5) is 0 Å². The molecule has 0 aromatic carbocycles. The van der Waals surface area contributed by atoms with Crippen molar-refractivity contribution < 1.29 is 24.5 Å². The van der Waals surface area contributed by atoms with Crippen molar-refractivity contribution in [3.63, 3.8) is 0 Å². The quantitative estimate of drug-likeness (QED) is 0.337. The summed E-state index contributed by atoms with van der Waals surface area (Å²) in [6.07, 6.45) is 11.5. The van der Waals surface area contributed by atoms with E-state index in [1.54, 1.807) is 14.0 Å². The molecule has 1 saturated heterocycles. The average Bonchev–Trinajstić information content (AvgIpc) is 3.18. The number of rotatable bonds is 16. The first-order valence-corrected chi connectivity index (χ1v) is 11.3. The molecule has 2 unspecified atom stereocenters. The molecule has 170 valence electrons. The van der Waals surface area contributed by atoms with Crippen LogP contribution in [0.2, 0.25) is 0 Å². The van der Waals surface area contributed by atoms with Gasteiger partial charge in [0, 0.05) is 26.5 Å². The van der Waals surface area contributed by atoms with Gasteiger partial charge in [0.25, 0.3) is 0 Å². The molecule has 0 aromatic heterocycles. The topological polar surface area (TPSA) is 99.1 Å². The summed E-state index contributed by atoms with van der Waals surface area (Å²) in [5, 5.41) is 21.5. The number of ether oxygens (including phenoxy) is 1. The Labute approximate surface area is 176 Å². The number of hydrogen-bond donors (Lipinski definition) is 3. The van der Waals surface area contributed by atoms with Gasteiger partial charge in [0.1, 0.15) is 0 Å². The Bertz CT molecular complexity index is 474. The molecule has 1 aliphatic rings. The second-order valence-electron chi connectivity index (χ2n) is 8.59. The van der Waals surface area contributed by atoms with E-state index in [-0.39, 0.29) is 31.1 Å². The lowest BCUT2D eigenvalue weighted by molar-refractivity contribution is -0.132. The second-order valence-corrected chi connectivity index (χ2v) is 8.59. The van der Waals surface area contributed by atoms with Gasteiger partial charge in [-0.2, -0.15) is 0 Å². The highest BCUT2D eigenvalue weighted by Crippen LogP contribution is 2.19. The molecular formula is C22H42N2O5. The number of amides is 2. The molecule has 0 bridgehead atoms. The number of aliphatic hydroxyl groups is 2. The molecule has 1 heterocycles. The minimum absolute atomic E-state index is 0.0373. The smallest absolute Gasteiger partial charge is 0.222 e. The standard InChI is InChI=1S/C22H42N2O5/c1-22(17-26,18-29-2)23-20(27)13-9-7-5-3-4-6-8-10-14-21(28)24-15-11-12-19(24)16-25/h19,25-26H,3-18H2,1-2H3,(H,23,27). The third kappa shape index (κ3) is 10.4. The molecule has 0 aromatic rings. The monoisotopic (exact) mass is 414 g/mol. The van der Waals surface area contributed by atoms with E-state index in [0.717, 1.165) is 64.3 Å². The van der Waals surface area contributed by atoms with Crippen LogP contribution in [0.25, 0.3) is 0 Å². The van der Waals surface area contributed by atoms with Crippen molar-refractivity contribution in [2.24, 2.45) is 0 Å².